The Balaban J connectivity index is 2.02. The van der Waals surface area contributed by atoms with Crippen LogP contribution in [0.3, 0.4) is 0 Å². The fourth-order valence-corrected chi connectivity index (χ4v) is 2.97. The summed E-state index contributed by atoms with van der Waals surface area (Å²) in [6, 6.07) is 5.20. The summed E-state index contributed by atoms with van der Waals surface area (Å²) in [5.74, 6) is 0.443. The minimum atomic E-state index is 0.0459. The second-order valence-corrected chi connectivity index (χ2v) is 6.24. The topological polar surface area (TPSA) is 54.3 Å². The Morgan fingerprint density at radius 3 is 2.95 bits per heavy atom. The number of hydrogen-bond acceptors (Lipinski definition) is 5. The highest BCUT2D eigenvalue weighted by Crippen LogP contribution is 2.22. The van der Waals surface area contributed by atoms with Gasteiger partial charge in [-0.25, -0.2) is 0 Å². The minimum Gasteiger partial charge on any atom is -0.385 e. The number of thioether (sulfide) groups is 1. The van der Waals surface area contributed by atoms with E-state index in [1.54, 1.807) is 36.4 Å². The molecule has 0 aliphatic carbocycles. The lowest BCUT2D eigenvalue weighted by Gasteiger charge is -2.14. The fourth-order valence-electron chi connectivity index (χ4n) is 1.80. The third-order valence-corrected chi connectivity index (χ3v) is 4.57. The number of amidine groups is 1. The molecule has 118 valence electrons. The van der Waals surface area contributed by atoms with Crippen molar-refractivity contribution < 1.29 is 9.53 Å². The summed E-state index contributed by atoms with van der Waals surface area (Å²) >= 11 is 13.2. The molecule has 8 heteroatoms. The van der Waals surface area contributed by atoms with Crippen molar-refractivity contribution in [3.8, 4) is 0 Å². The second kappa shape index (κ2) is 8.53. The summed E-state index contributed by atoms with van der Waals surface area (Å²) in [5, 5.41) is 9.70. The van der Waals surface area contributed by atoms with Gasteiger partial charge in [-0.3, -0.25) is 9.69 Å². The van der Waals surface area contributed by atoms with Crippen LogP contribution < -0.4 is 0 Å². The van der Waals surface area contributed by atoms with Gasteiger partial charge in [-0.1, -0.05) is 41.0 Å². The molecule has 1 saturated heterocycles. The van der Waals surface area contributed by atoms with Gasteiger partial charge < -0.3 is 4.74 Å². The van der Waals surface area contributed by atoms with Crippen LogP contribution in [0.1, 0.15) is 12.0 Å². The summed E-state index contributed by atoms with van der Waals surface area (Å²) in [5.41, 5.74) is 0.791. The molecule has 22 heavy (non-hydrogen) atoms. The maximum Gasteiger partial charge on any atom is 0.239 e. The van der Waals surface area contributed by atoms with Crippen molar-refractivity contribution in [1.29, 1.82) is 0 Å². The third-order valence-electron chi connectivity index (χ3n) is 2.88. The molecule has 1 aromatic carbocycles. The standard InChI is InChI=1S/C14H15Cl2N3O2S/c1-21-6-2-5-19-13(20)9-22-14(19)18-17-8-10-3-4-11(15)12(16)7-10/h3-4,7-8H,2,5-6,9H2,1H3. The van der Waals surface area contributed by atoms with Crippen LogP contribution in [0.15, 0.2) is 28.4 Å². The average molecular weight is 360 g/mol. The van der Waals surface area contributed by atoms with Crippen LogP contribution in [0.2, 0.25) is 10.0 Å². The van der Waals surface area contributed by atoms with Gasteiger partial charge in [-0.2, -0.15) is 5.10 Å². The molecule has 0 N–H and O–H groups in total. The number of nitrogens with zero attached hydrogens (tertiary/aromatic N) is 3. The van der Waals surface area contributed by atoms with Gasteiger partial charge in [0.25, 0.3) is 0 Å². The Labute approximate surface area is 143 Å². The Kier molecular flexibility index (Phi) is 6.70. The van der Waals surface area contributed by atoms with E-state index in [0.29, 0.717) is 34.1 Å². The first-order chi connectivity index (χ1) is 10.6. The first-order valence-corrected chi connectivity index (χ1v) is 8.34. The van der Waals surface area contributed by atoms with E-state index in [2.05, 4.69) is 10.2 Å². The highest BCUT2D eigenvalue weighted by molar-refractivity contribution is 8.15. The highest BCUT2D eigenvalue weighted by Gasteiger charge is 2.27. The van der Waals surface area contributed by atoms with E-state index in [0.717, 1.165) is 12.0 Å². The Hall–Kier alpha value is -1.08. The van der Waals surface area contributed by atoms with Gasteiger partial charge in [0, 0.05) is 20.3 Å². The SMILES string of the molecule is COCCCN1C(=O)CSC1=NN=Cc1ccc(Cl)c(Cl)c1. The van der Waals surface area contributed by atoms with Crippen molar-refractivity contribution in [2.24, 2.45) is 10.2 Å². The molecular formula is C14H15Cl2N3O2S. The van der Waals surface area contributed by atoms with Crippen LogP contribution in [0.25, 0.3) is 0 Å². The molecule has 0 unspecified atom stereocenters. The van der Waals surface area contributed by atoms with Gasteiger partial charge in [-0.15, -0.1) is 5.10 Å². The number of carbonyl (C=O) groups is 1. The van der Waals surface area contributed by atoms with E-state index >= 15 is 0 Å². The predicted molar refractivity (Wildman–Crippen MR) is 92.2 cm³/mol. The van der Waals surface area contributed by atoms with E-state index in [-0.39, 0.29) is 5.91 Å². The van der Waals surface area contributed by atoms with Gasteiger partial charge in [0.05, 0.1) is 22.0 Å². The molecule has 5 nitrogen and oxygen atoms in total. The van der Waals surface area contributed by atoms with Crippen molar-refractivity contribution in [1.82, 2.24) is 4.90 Å². The summed E-state index contributed by atoms with van der Waals surface area (Å²) in [4.78, 5) is 13.4. The summed E-state index contributed by atoms with van der Waals surface area (Å²) < 4.78 is 4.99. The molecule has 1 fully saturated rings. The number of amides is 1. The monoisotopic (exact) mass is 359 g/mol. The van der Waals surface area contributed by atoms with Crippen LogP contribution >= 0.6 is 35.0 Å². The summed E-state index contributed by atoms with van der Waals surface area (Å²) in [7, 11) is 1.64. The zero-order valence-corrected chi connectivity index (χ0v) is 14.3. The molecule has 0 atom stereocenters. The van der Waals surface area contributed by atoms with Crippen LogP contribution in [0, 0.1) is 0 Å². The average Bonchev–Trinajstić information content (AvgIpc) is 2.84. The van der Waals surface area contributed by atoms with Crippen LogP contribution in [0.5, 0.6) is 0 Å². The number of carbonyl (C=O) groups excluding carboxylic acids is 1. The molecule has 0 spiro atoms. The molecule has 1 aliphatic rings. The molecule has 1 heterocycles. The van der Waals surface area contributed by atoms with Gasteiger partial charge in [0.15, 0.2) is 5.17 Å². The number of hydrogen-bond donors (Lipinski definition) is 0. The van der Waals surface area contributed by atoms with Gasteiger partial charge >= 0.3 is 0 Å². The lowest BCUT2D eigenvalue weighted by atomic mass is 10.2. The maximum atomic E-state index is 11.8. The van der Waals surface area contributed by atoms with E-state index in [4.69, 9.17) is 27.9 Å². The number of ether oxygens (including phenoxy) is 1. The van der Waals surface area contributed by atoms with Gasteiger partial charge in [0.2, 0.25) is 5.91 Å². The van der Waals surface area contributed by atoms with E-state index in [9.17, 15) is 4.79 Å². The molecule has 2 rings (SSSR count). The lowest BCUT2D eigenvalue weighted by molar-refractivity contribution is -0.124. The number of halogens is 2. The Bertz CT molecular complexity index is 608. The summed E-state index contributed by atoms with van der Waals surface area (Å²) in [6.07, 6.45) is 2.34. The quantitative estimate of drug-likeness (QED) is 0.444. The van der Waals surface area contributed by atoms with Crippen molar-refractivity contribution >= 4 is 52.3 Å². The van der Waals surface area contributed by atoms with Crippen LogP contribution in [-0.2, 0) is 9.53 Å². The zero-order valence-electron chi connectivity index (χ0n) is 12.0. The number of rotatable bonds is 6. The molecule has 0 radical (unpaired) electrons. The van der Waals surface area contributed by atoms with Crippen molar-refractivity contribution in [2.75, 3.05) is 26.0 Å². The Morgan fingerprint density at radius 1 is 1.41 bits per heavy atom. The highest BCUT2D eigenvalue weighted by atomic mass is 35.5. The van der Waals surface area contributed by atoms with Gasteiger partial charge in [-0.05, 0) is 24.1 Å². The first-order valence-electron chi connectivity index (χ1n) is 6.60. The zero-order chi connectivity index (χ0) is 15.9. The van der Waals surface area contributed by atoms with E-state index < -0.39 is 0 Å². The van der Waals surface area contributed by atoms with E-state index in [1.807, 2.05) is 0 Å². The minimum absolute atomic E-state index is 0.0459. The number of benzene rings is 1. The van der Waals surface area contributed by atoms with Crippen molar-refractivity contribution in [2.45, 2.75) is 6.42 Å². The van der Waals surface area contributed by atoms with Crippen molar-refractivity contribution in [3.05, 3.63) is 33.8 Å². The van der Waals surface area contributed by atoms with Crippen LogP contribution in [-0.4, -0.2) is 48.2 Å². The molecule has 0 saturated carbocycles. The van der Waals surface area contributed by atoms with Crippen molar-refractivity contribution in [3.63, 3.8) is 0 Å². The maximum absolute atomic E-state index is 11.8. The predicted octanol–water partition coefficient (Wildman–Crippen LogP) is 3.30. The normalized spacial score (nSPS) is 17.1. The smallest absolute Gasteiger partial charge is 0.239 e. The molecule has 0 aromatic heterocycles. The van der Waals surface area contributed by atoms with E-state index in [1.165, 1.54) is 11.8 Å². The molecule has 1 amide bonds. The molecule has 1 aromatic rings. The largest absolute Gasteiger partial charge is 0.385 e. The number of methoxy groups -OCH3 is 1. The fraction of sp³-hybridized carbons (Fsp3) is 0.357. The van der Waals surface area contributed by atoms with Crippen LogP contribution in [0.4, 0.5) is 0 Å². The van der Waals surface area contributed by atoms with Gasteiger partial charge in [0.1, 0.15) is 0 Å². The second-order valence-electron chi connectivity index (χ2n) is 4.48. The Morgan fingerprint density at radius 2 is 2.23 bits per heavy atom. The third kappa shape index (κ3) is 4.71. The first kappa shape index (κ1) is 17.3. The molecule has 0 bridgehead atoms. The lowest BCUT2D eigenvalue weighted by Crippen LogP contribution is -2.31. The molecule has 1 aliphatic heterocycles. The molecular weight excluding hydrogens is 345 g/mol. The summed E-state index contributed by atoms with van der Waals surface area (Å²) in [6.45, 7) is 1.19.